The van der Waals surface area contributed by atoms with Gasteiger partial charge in [-0.15, -0.1) is 0 Å². The second-order valence-electron chi connectivity index (χ2n) is 7.98. The lowest BCUT2D eigenvalue weighted by Crippen LogP contribution is -2.37. The third-order valence-corrected chi connectivity index (χ3v) is 3.69. The molecule has 3 nitrogen and oxygen atoms in total. The molecule has 0 spiro atoms. The van der Waals surface area contributed by atoms with Crippen LogP contribution in [0.2, 0.25) is 0 Å². The van der Waals surface area contributed by atoms with E-state index in [1.165, 1.54) is 11.1 Å². The maximum absolute atomic E-state index is 10.3. The Morgan fingerprint density at radius 3 is 2.48 bits per heavy atom. The van der Waals surface area contributed by atoms with Gasteiger partial charge in [0.05, 0.1) is 18.3 Å². The van der Waals surface area contributed by atoms with Gasteiger partial charge in [-0.05, 0) is 52.1 Å². The zero-order valence-corrected chi connectivity index (χ0v) is 15.8. The Labute approximate surface area is 142 Å². The van der Waals surface area contributed by atoms with Crippen LogP contribution >= 0.6 is 0 Å². The molecule has 0 radical (unpaired) electrons. The summed E-state index contributed by atoms with van der Waals surface area (Å²) in [4.78, 5) is 2.34. The van der Waals surface area contributed by atoms with Gasteiger partial charge in [0.25, 0.3) is 0 Å². The van der Waals surface area contributed by atoms with Crippen molar-refractivity contribution in [2.45, 2.75) is 66.2 Å². The van der Waals surface area contributed by atoms with Crippen molar-refractivity contribution in [2.24, 2.45) is 5.92 Å². The van der Waals surface area contributed by atoms with Crippen LogP contribution in [0.1, 0.15) is 52.2 Å². The number of ether oxygens (including phenoxy) is 1. The molecule has 0 aromatic heterocycles. The molecule has 0 saturated heterocycles. The molecule has 1 aromatic carbocycles. The smallest absolute Gasteiger partial charge is 0.0900 e. The molecule has 0 aliphatic heterocycles. The summed E-state index contributed by atoms with van der Waals surface area (Å²) in [6, 6.07) is 8.60. The second-order valence-corrected chi connectivity index (χ2v) is 7.98. The van der Waals surface area contributed by atoms with Crippen LogP contribution < -0.4 is 0 Å². The molecule has 132 valence electrons. The number of aryl methyl sites for hydroxylation is 1. The van der Waals surface area contributed by atoms with E-state index in [9.17, 15) is 5.11 Å². The lowest BCUT2D eigenvalue weighted by Gasteiger charge is -2.28. The molecule has 1 aromatic rings. The Morgan fingerprint density at radius 1 is 1.22 bits per heavy atom. The quantitative estimate of drug-likeness (QED) is 0.745. The van der Waals surface area contributed by atoms with Gasteiger partial charge in [-0.3, -0.25) is 4.90 Å². The standard InChI is InChI=1S/C20H35NO2/c1-16(2)10-11-21(13-18-9-7-8-17(3)12-18)14-19(22)15-23-20(4,5)6/h7-9,12,16,19,22H,10-11,13-15H2,1-6H3. The van der Waals surface area contributed by atoms with E-state index >= 15 is 0 Å². The van der Waals surface area contributed by atoms with E-state index in [0.29, 0.717) is 19.1 Å². The SMILES string of the molecule is Cc1cccc(CN(CCC(C)C)CC(O)COC(C)(C)C)c1. The normalized spacial score (nSPS) is 13.8. The summed E-state index contributed by atoms with van der Waals surface area (Å²) in [6.45, 7) is 15.6. The average molecular weight is 322 g/mol. The topological polar surface area (TPSA) is 32.7 Å². The molecule has 3 heteroatoms. The Kier molecular flexibility index (Phi) is 8.24. The van der Waals surface area contributed by atoms with Crippen LogP contribution in [0.3, 0.4) is 0 Å². The zero-order valence-electron chi connectivity index (χ0n) is 15.8. The largest absolute Gasteiger partial charge is 0.389 e. The minimum Gasteiger partial charge on any atom is -0.389 e. The van der Waals surface area contributed by atoms with E-state index in [2.05, 4.69) is 49.9 Å². The van der Waals surface area contributed by atoms with Gasteiger partial charge in [0.2, 0.25) is 0 Å². The highest BCUT2D eigenvalue weighted by atomic mass is 16.5. The molecular weight excluding hydrogens is 286 g/mol. The molecule has 0 aliphatic rings. The number of aliphatic hydroxyl groups excluding tert-OH is 1. The van der Waals surface area contributed by atoms with Gasteiger partial charge in [-0.25, -0.2) is 0 Å². The van der Waals surface area contributed by atoms with Crippen molar-refractivity contribution in [3.63, 3.8) is 0 Å². The molecule has 1 unspecified atom stereocenters. The average Bonchev–Trinajstić information content (AvgIpc) is 2.42. The Balaban J connectivity index is 2.60. The Hall–Kier alpha value is -0.900. The minimum absolute atomic E-state index is 0.208. The number of rotatable bonds is 9. The Morgan fingerprint density at radius 2 is 1.91 bits per heavy atom. The summed E-state index contributed by atoms with van der Waals surface area (Å²) < 4.78 is 5.71. The minimum atomic E-state index is -0.453. The number of aliphatic hydroxyl groups is 1. The van der Waals surface area contributed by atoms with E-state index in [0.717, 1.165) is 19.5 Å². The molecule has 0 fully saturated rings. The van der Waals surface area contributed by atoms with Gasteiger partial charge in [0, 0.05) is 13.1 Å². The number of hydrogen-bond acceptors (Lipinski definition) is 3. The van der Waals surface area contributed by atoms with Crippen LogP contribution in [0.15, 0.2) is 24.3 Å². The van der Waals surface area contributed by atoms with Crippen molar-refractivity contribution >= 4 is 0 Å². The molecule has 23 heavy (non-hydrogen) atoms. The van der Waals surface area contributed by atoms with Crippen LogP contribution in [0.5, 0.6) is 0 Å². The predicted octanol–water partition coefficient (Wildman–Crippen LogP) is 4.02. The highest BCUT2D eigenvalue weighted by Gasteiger charge is 2.17. The summed E-state index contributed by atoms with van der Waals surface area (Å²) in [5, 5.41) is 10.3. The van der Waals surface area contributed by atoms with Gasteiger partial charge in [0.1, 0.15) is 0 Å². The molecular formula is C20H35NO2. The number of hydrogen-bond donors (Lipinski definition) is 1. The van der Waals surface area contributed by atoms with Crippen LogP contribution in [-0.2, 0) is 11.3 Å². The van der Waals surface area contributed by atoms with Crippen LogP contribution in [-0.4, -0.2) is 41.4 Å². The highest BCUT2D eigenvalue weighted by Crippen LogP contribution is 2.12. The predicted molar refractivity (Wildman–Crippen MR) is 97.6 cm³/mol. The second kappa shape index (κ2) is 9.41. The third kappa shape index (κ3) is 9.75. The van der Waals surface area contributed by atoms with Gasteiger partial charge in [-0.1, -0.05) is 43.7 Å². The fraction of sp³-hybridized carbons (Fsp3) is 0.700. The summed E-state index contributed by atoms with van der Waals surface area (Å²) in [5.74, 6) is 0.665. The Bertz CT molecular complexity index is 451. The number of benzene rings is 1. The maximum Gasteiger partial charge on any atom is 0.0900 e. The summed E-state index contributed by atoms with van der Waals surface area (Å²) in [7, 11) is 0. The maximum atomic E-state index is 10.3. The fourth-order valence-electron chi connectivity index (χ4n) is 2.44. The fourth-order valence-corrected chi connectivity index (χ4v) is 2.44. The lowest BCUT2D eigenvalue weighted by atomic mass is 10.1. The van der Waals surface area contributed by atoms with Crippen molar-refractivity contribution in [2.75, 3.05) is 19.7 Å². The number of nitrogens with zero attached hydrogens (tertiary/aromatic N) is 1. The summed E-state index contributed by atoms with van der Waals surface area (Å²) >= 11 is 0. The molecule has 0 amide bonds. The summed E-state index contributed by atoms with van der Waals surface area (Å²) in [5.41, 5.74) is 2.38. The molecule has 0 bridgehead atoms. The van der Waals surface area contributed by atoms with E-state index in [-0.39, 0.29) is 5.60 Å². The molecule has 1 rings (SSSR count). The molecule has 1 N–H and O–H groups in total. The van der Waals surface area contributed by atoms with Crippen LogP contribution in [0, 0.1) is 12.8 Å². The van der Waals surface area contributed by atoms with Gasteiger partial charge >= 0.3 is 0 Å². The lowest BCUT2D eigenvalue weighted by molar-refractivity contribution is -0.0568. The van der Waals surface area contributed by atoms with E-state index in [1.54, 1.807) is 0 Å². The van der Waals surface area contributed by atoms with Crippen molar-refractivity contribution < 1.29 is 9.84 Å². The first-order chi connectivity index (χ1) is 10.7. The van der Waals surface area contributed by atoms with Crippen molar-refractivity contribution in [1.82, 2.24) is 4.90 Å². The monoisotopic (exact) mass is 321 g/mol. The van der Waals surface area contributed by atoms with Crippen molar-refractivity contribution in [3.8, 4) is 0 Å². The van der Waals surface area contributed by atoms with Crippen LogP contribution in [0.25, 0.3) is 0 Å². The first-order valence-corrected chi connectivity index (χ1v) is 8.75. The van der Waals surface area contributed by atoms with Crippen molar-refractivity contribution in [3.05, 3.63) is 35.4 Å². The van der Waals surface area contributed by atoms with Crippen molar-refractivity contribution in [1.29, 1.82) is 0 Å². The van der Waals surface area contributed by atoms with Gasteiger partial charge in [0.15, 0.2) is 0 Å². The molecule has 0 aliphatic carbocycles. The van der Waals surface area contributed by atoms with Crippen LogP contribution in [0.4, 0.5) is 0 Å². The van der Waals surface area contributed by atoms with E-state index in [1.807, 2.05) is 20.8 Å². The van der Waals surface area contributed by atoms with Gasteiger partial charge < -0.3 is 9.84 Å². The van der Waals surface area contributed by atoms with E-state index < -0.39 is 6.10 Å². The molecule has 0 heterocycles. The third-order valence-electron chi connectivity index (χ3n) is 3.69. The zero-order chi connectivity index (χ0) is 17.5. The first kappa shape index (κ1) is 20.1. The van der Waals surface area contributed by atoms with E-state index in [4.69, 9.17) is 4.74 Å². The summed E-state index contributed by atoms with van der Waals surface area (Å²) in [6.07, 6.45) is 0.685. The molecule has 1 atom stereocenters. The highest BCUT2D eigenvalue weighted by molar-refractivity contribution is 5.22. The van der Waals surface area contributed by atoms with Gasteiger partial charge in [-0.2, -0.15) is 0 Å². The molecule has 0 saturated carbocycles. The first-order valence-electron chi connectivity index (χ1n) is 8.75.